The van der Waals surface area contributed by atoms with Gasteiger partial charge in [0.1, 0.15) is 0 Å². The van der Waals surface area contributed by atoms with E-state index in [1.807, 2.05) is 30.3 Å². The predicted octanol–water partition coefficient (Wildman–Crippen LogP) is 2.07. The largest absolute Gasteiger partial charge is 0.435 e. The van der Waals surface area contributed by atoms with Crippen LogP contribution in [0.25, 0.3) is 0 Å². The van der Waals surface area contributed by atoms with Crippen LogP contribution in [-0.2, 0) is 0 Å². The van der Waals surface area contributed by atoms with Gasteiger partial charge >= 0.3 is 0 Å². The highest BCUT2D eigenvalue weighted by atomic mass is 16.3. The lowest BCUT2D eigenvalue weighted by atomic mass is 10.2. The van der Waals surface area contributed by atoms with Crippen molar-refractivity contribution < 1.29 is 4.42 Å². The van der Waals surface area contributed by atoms with E-state index in [9.17, 15) is 0 Å². The Morgan fingerprint density at radius 1 is 1.08 bits per heavy atom. The molecule has 0 bridgehead atoms. The van der Waals surface area contributed by atoms with Crippen LogP contribution in [0.15, 0.2) is 47.3 Å². The fraction of sp³-hybridized carbons (Fsp3) is 0. The van der Waals surface area contributed by atoms with Crippen LogP contribution in [0, 0.1) is 11.8 Å². The average molecular weight is 169 g/mol. The average Bonchev–Trinajstić information content (AvgIpc) is 2.69. The van der Waals surface area contributed by atoms with Gasteiger partial charge in [-0.3, -0.25) is 0 Å². The lowest BCUT2D eigenvalue weighted by molar-refractivity contribution is 0.546. The normalized spacial score (nSPS) is 8.92. The maximum Gasteiger partial charge on any atom is 0.197 e. The fourth-order valence-electron chi connectivity index (χ4n) is 0.933. The van der Waals surface area contributed by atoms with Crippen molar-refractivity contribution in [2.75, 3.05) is 0 Å². The summed E-state index contributed by atoms with van der Waals surface area (Å²) in [5.74, 6) is 6.41. The molecule has 2 nitrogen and oxygen atoms in total. The highest BCUT2D eigenvalue weighted by Crippen LogP contribution is 1.97. The topological polar surface area (TPSA) is 26.0 Å². The predicted molar refractivity (Wildman–Crippen MR) is 48.9 cm³/mol. The van der Waals surface area contributed by atoms with E-state index in [-0.39, 0.29) is 0 Å². The summed E-state index contributed by atoms with van der Waals surface area (Å²) in [5.41, 5.74) is 0.971. The lowest BCUT2D eigenvalue weighted by Crippen LogP contribution is -1.71. The van der Waals surface area contributed by atoms with Gasteiger partial charge in [0.2, 0.25) is 0 Å². The second kappa shape index (κ2) is 3.59. The van der Waals surface area contributed by atoms with Gasteiger partial charge in [0, 0.05) is 5.56 Å². The minimum absolute atomic E-state index is 0.587. The maximum atomic E-state index is 4.97. The van der Waals surface area contributed by atoms with Gasteiger partial charge in [0.05, 0.1) is 6.20 Å². The van der Waals surface area contributed by atoms with Crippen molar-refractivity contribution in [3.05, 3.63) is 54.2 Å². The van der Waals surface area contributed by atoms with Crippen LogP contribution in [0.2, 0.25) is 0 Å². The third-order valence-corrected chi connectivity index (χ3v) is 1.54. The van der Waals surface area contributed by atoms with Crippen molar-refractivity contribution in [2.45, 2.75) is 0 Å². The summed E-state index contributed by atoms with van der Waals surface area (Å²) in [7, 11) is 0. The SMILES string of the molecule is C(#Cc1cnco1)c1ccccc1. The molecule has 0 N–H and O–H groups in total. The zero-order valence-electron chi connectivity index (χ0n) is 6.90. The molecule has 0 aliphatic heterocycles. The van der Waals surface area contributed by atoms with E-state index in [0.29, 0.717) is 5.76 Å². The summed E-state index contributed by atoms with van der Waals surface area (Å²) in [4.78, 5) is 3.77. The Bertz CT molecular complexity index is 420. The molecule has 0 unspecified atom stereocenters. The Morgan fingerprint density at radius 2 is 1.92 bits per heavy atom. The first kappa shape index (κ1) is 7.63. The van der Waals surface area contributed by atoms with E-state index in [1.165, 1.54) is 6.39 Å². The molecule has 0 aliphatic rings. The lowest BCUT2D eigenvalue weighted by Gasteiger charge is -1.84. The molecule has 0 aliphatic carbocycles. The van der Waals surface area contributed by atoms with Crippen molar-refractivity contribution in [1.29, 1.82) is 0 Å². The van der Waals surface area contributed by atoms with Crippen LogP contribution >= 0.6 is 0 Å². The molecular formula is C11H7NO. The van der Waals surface area contributed by atoms with Gasteiger partial charge in [-0.2, -0.15) is 0 Å². The van der Waals surface area contributed by atoms with Crippen molar-refractivity contribution in [1.82, 2.24) is 4.98 Å². The molecule has 62 valence electrons. The van der Waals surface area contributed by atoms with E-state index in [2.05, 4.69) is 16.8 Å². The van der Waals surface area contributed by atoms with Gasteiger partial charge in [-0.05, 0) is 18.1 Å². The van der Waals surface area contributed by atoms with Crippen molar-refractivity contribution in [3.63, 3.8) is 0 Å². The number of nitrogens with zero attached hydrogens (tertiary/aromatic N) is 1. The summed E-state index contributed by atoms with van der Waals surface area (Å²) in [5, 5.41) is 0. The summed E-state index contributed by atoms with van der Waals surface area (Å²) in [6, 6.07) is 9.75. The van der Waals surface area contributed by atoms with Crippen molar-refractivity contribution in [3.8, 4) is 11.8 Å². The highest BCUT2D eigenvalue weighted by molar-refractivity contribution is 5.38. The van der Waals surface area contributed by atoms with E-state index in [1.54, 1.807) is 6.20 Å². The number of benzene rings is 1. The van der Waals surface area contributed by atoms with Gasteiger partial charge < -0.3 is 4.42 Å². The first-order valence-electron chi connectivity index (χ1n) is 3.91. The molecule has 1 heterocycles. The summed E-state index contributed by atoms with van der Waals surface area (Å²) in [6.45, 7) is 0. The van der Waals surface area contributed by atoms with E-state index in [4.69, 9.17) is 4.42 Å². The quantitative estimate of drug-likeness (QED) is 0.564. The Hall–Kier alpha value is -2.01. The molecule has 0 saturated heterocycles. The molecule has 0 fully saturated rings. The smallest absolute Gasteiger partial charge is 0.197 e. The molecule has 0 radical (unpaired) electrons. The first-order valence-corrected chi connectivity index (χ1v) is 3.91. The van der Waals surface area contributed by atoms with Gasteiger partial charge in [-0.15, -0.1) is 0 Å². The van der Waals surface area contributed by atoms with Gasteiger partial charge in [0.25, 0.3) is 0 Å². The van der Waals surface area contributed by atoms with Gasteiger partial charge in [-0.1, -0.05) is 24.1 Å². The summed E-state index contributed by atoms with van der Waals surface area (Å²) in [6.07, 6.45) is 2.96. The van der Waals surface area contributed by atoms with Crippen LogP contribution in [0.1, 0.15) is 11.3 Å². The highest BCUT2D eigenvalue weighted by Gasteiger charge is 1.87. The molecule has 2 rings (SSSR count). The third-order valence-electron chi connectivity index (χ3n) is 1.54. The van der Waals surface area contributed by atoms with E-state index in [0.717, 1.165) is 5.56 Å². The van der Waals surface area contributed by atoms with Crippen LogP contribution in [0.5, 0.6) is 0 Å². The molecule has 0 saturated carbocycles. The molecule has 1 aromatic heterocycles. The number of hydrogen-bond donors (Lipinski definition) is 0. The second-order valence-electron chi connectivity index (χ2n) is 2.48. The molecular weight excluding hydrogens is 162 g/mol. The molecule has 0 spiro atoms. The van der Waals surface area contributed by atoms with Crippen LogP contribution in [0.4, 0.5) is 0 Å². The Balaban J connectivity index is 2.23. The molecule has 13 heavy (non-hydrogen) atoms. The van der Waals surface area contributed by atoms with Crippen LogP contribution in [0.3, 0.4) is 0 Å². The molecule has 0 amide bonds. The Labute approximate surface area is 76.2 Å². The molecule has 1 aromatic carbocycles. The minimum Gasteiger partial charge on any atom is -0.435 e. The number of rotatable bonds is 0. The number of aromatic nitrogens is 1. The molecule has 2 aromatic rings. The monoisotopic (exact) mass is 169 g/mol. The maximum absolute atomic E-state index is 4.97. The third kappa shape index (κ3) is 1.97. The zero-order valence-corrected chi connectivity index (χ0v) is 6.90. The van der Waals surface area contributed by atoms with Gasteiger partial charge in [0.15, 0.2) is 12.2 Å². The number of oxazole rings is 1. The van der Waals surface area contributed by atoms with Crippen molar-refractivity contribution >= 4 is 0 Å². The standard InChI is InChI=1S/C11H7NO/c1-2-4-10(5-3-1)6-7-11-8-12-9-13-11/h1-5,8-9H. The Kier molecular flexibility index (Phi) is 2.11. The van der Waals surface area contributed by atoms with E-state index >= 15 is 0 Å². The van der Waals surface area contributed by atoms with Gasteiger partial charge in [-0.25, -0.2) is 4.98 Å². The van der Waals surface area contributed by atoms with E-state index < -0.39 is 0 Å². The Morgan fingerprint density at radius 3 is 2.62 bits per heavy atom. The zero-order chi connectivity index (χ0) is 8.93. The first-order chi connectivity index (χ1) is 6.45. The summed E-state index contributed by atoms with van der Waals surface area (Å²) < 4.78 is 4.97. The molecule has 0 atom stereocenters. The number of hydrogen-bond acceptors (Lipinski definition) is 2. The van der Waals surface area contributed by atoms with Crippen LogP contribution in [-0.4, -0.2) is 4.98 Å². The second-order valence-corrected chi connectivity index (χ2v) is 2.48. The van der Waals surface area contributed by atoms with Crippen LogP contribution < -0.4 is 0 Å². The summed E-state index contributed by atoms with van der Waals surface area (Å²) >= 11 is 0. The molecule has 2 heteroatoms. The van der Waals surface area contributed by atoms with Crippen molar-refractivity contribution in [2.24, 2.45) is 0 Å². The minimum atomic E-state index is 0.587. The fourth-order valence-corrected chi connectivity index (χ4v) is 0.933.